The van der Waals surface area contributed by atoms with Crippen LogP contribution in [0.25, 0.3) is 0 Å². The van der Waals surface area contributed by atoms with E-state index in [0.717, 1.165) is 9.80 Å². The Hall–Kier alpha value is -3.77. The molecule has 5 rings (SSSR count). The number of hydrogen-bond donors (Lipinski definition) is 0. The van der Waals surface area contributed by atoms with Gasteiger partial charge in [-0.15, -0.1) is 0 Å². The van der Waals surface area contributed by atoms with E-state index in [0.29, 0.717) is 22.3 Å². The molecule has 0 fully saturated rings. The van der Waals surface area contributed by atoms with Crippen molar-refractivity contribution >= 4 is 46.6 Å². The van der Waals surface area contributed by atoms with E-state index in [9.17, 15) is 19.2 Å². The van der Waals surface area contributed by atoms with E-state index in [1.807, 2.05) is 0 Å². The number of halogens is 1. The van der Waals surface area contributed by atoms with Crippen LogP contribution in [0.3, 0.4) is 0 Å². The first-order valence-electron chi connectivity index (χ1n) is 8.74. The van der Waals surface area contributed by atoms with Gasteiger partial charge in [0.15, 0.2) is 0 Å². The molecule has 0 saturated carbocycles. The third-order valence-electron chi connectivity index (χ3n) is 5.02. The first-order valence-corrected chi connectivity index (χ1v) is 9.12. The number of rotatable bonds is 2. The Bertz CT molecular complexity index is 1200. The zero-order chi connectivity index (χ0) is 20.3. The van der Waals surface area contributed by atoms with Gasteiger partial charge in [-0.1, -0.05) is 35.9 Å². The highest BCUT2D eigenvalue weighted by atomic mass is 35.5. The SMILES string of the molecule is O=C1c2ccccc2C(=O)N1c1ccc(N2C(=O)c3ccccc3C2=O)c(Cl)c1. The molecule has 2 aliphatic rings. The summed E-state index contributed by atoms with van der Waals surface area (Å²) in [6.07, 6.45) is 0. The van der Waals surface area contributed by atoms with Crippen molar-refractivity contribution in [2.75, 3.05) is 9.80 Å². The third-order valence-corrected chi connectivity index (χ3v) is 5.32. The number of fused-ring (bicyclic) bond motifs is 2. The van der Waals surface area contributed by atoms with Crippen molar-refractivity contribution in [3.8, 4) is 0 Å². The van der Waals surface area contributed by atoms with Crippen molar-refractivity contribution in [1.29, 1.82) is 0 Å². The lowest BCUT2D eigenvalue weighted by Gasteiger charge is -2.19. The average molecular weight is 403 g/mol. The van der Waals surface area contributed by atoms with Gasteiger partial charge in [-0.2, -0.15) is 0 Å². The summed E-state index contributed by atoms with van der Waals surface area (Å²) < 4.78 is 0. The van der Waals surface area contributed by atoms with Crippen LogP contribution >= 0.6 is 11.6 Å². The summed E-state index contributed by atoms with van der Waals surface area (Å²) in [5, 5.41) is 0.0774. The van der Waals surface area contributed by atoms with E-state index < -0.39 is 23.6 Å². The Kier molecular flexibility index (Phi) is 3.66. The lowest BCUT2D eigenvalue weighted by Crippen LogP contribution is -2.31. The molecule has 0 saturated heterocycles. The summed E-state index contributed by atoms with van der Waals surface area (Å²) in [5.41, 5.74) is 1.70. The van der Waals surface area contributed by atoms with Gasteiger partial charge in [-0.3, -0.25) is 19.2 Å². The molecule has 2 aliphatic heterocycles. The molecule has 2 heterocycles. The molecule has 0 radical (unpaired) electrons. The van der Waals surface area contributed by atoms with Crippen molar-refractivity contribution in [3.05, 3.63) is 94.0 Å². The third kappa shape index (κ3) is 2.36. The normalized spacial score (nSPS) is 15.2. The van der Waals surface area contributed by atoms with E-state index in [1.165, 1.54) is 18.2 Å². The second-order valence-electron chi connectivity index (χ2n) is 6.62. The van der Waals surface area contributed by atoms with E-state index in [-0.39, 0.29) is 16.4 Å². The van der Waals surface area contributed by atoms with Crippen LogP contribution in [0.4, 0.5) is 11.4 Å². The molecule has 3 aromatic carbocycles. The molecule has 140 valence electrons. The molecule has 6 nitrogen and oxygen atoms in total. The van der Waals surface area contributed by atoms with E-state index in [1.54, 1.807) is 48.5 Å². The maximum absolute atomic E-state index is 12.7. The molecule has 4 amide bonds. The van der Waals surface area contributed by atoms with Crippen LogP contribution in [-0.2, 0) is 0 Å². The monoisotopic (exact) mass is 402 g/mol. The van der Waals surface area contributed by atoms with Gasteiger partial charge in [0.05, 0.1) is 38.7 Å². The quantitative estimate of drug-likeness (QED) is 0.608. The van der Waals surface area contributed by atoms with Gasteiger partial charge < -0.3 is 0 Å². The second-order valence-corrected chi connectivity index (χ2v) is 7.03. The maximum Gasteiger partial charge on any atom is 0.266 e. The van der Waals surface area contributed by atoms with Crippen LogP contribution in [0, 0.1) is 0 Å². The Morgan fingerprint density at radius 1 is 0.552 bits per heavy atom. The number of hydrogen-bond acceptors (Lipinski definition) is 4. The van der Waals surface area contributed by atoms with Gasteiger partial charge in [0.2, 0.25) is 0 Å². The first kappa shape index (κ1) is 17.3. The van der Waals surface area contributed by atoms with Crippen LogP contribution in [0.2, 0.25) is 5.02 Å². The standard InChI is InChI=1S/C22H11ClN2O4/c23-17-11-12(24-19(26)13-5-1-2-6-14(13)20(24)27)9-10-18(17)25-21(28)15-7-3-4-8-16(15)22(25)29/h1-11H. The summed E-state index contributed by atoms with van der Waals surface area (Å²) in [4.78, 5) is 52.7. The Labute approximate surface area is 169 Å². The smallest absolute Gasteiger partial charge is 0.266 e. The van der Waals surface area contributed by atoms with Crippen molar-refractivity contribution in [2.24, 2.45) is 0 Å². The zero-order valence-electron chi connectivity index (χ0n) is 14.8. The molecule has 0 atom stereocenters. The molecule has 0 aromatic heterocycles. The molecular weight excluding hydrogens is 392 g/mol. The topological polar surface area (TPSA) is 74.8 Å². The zero-order valence-corrected chi connectivity index (χ0v) is 15.5. The van der Waals surface area contributed by atoms with Gasteiger partial charge in [-0.25, -0.2) is 9.80 Å². The number of carbonyl (C=O) groups excluding carboxylic acids is 4. The maximum atomic E-state index is 12.7. The van der Waals surface area contributed by atoms with Gasteiger partial charge in [0, 0.05) is 0 Å². The largest absolute Gasteiger partial charge is 0.268 e. The number of imide groups is 2. The van der Waals surface area contributed by atoms with Gasteiger partial charge in [0.25, 0.3) is 23.6 Å². The van der Waals surface area contributed by atoms with Gasteiger partial charge in [0.1, 0.15) is 0 Å². The molecule has 0 aliphatic carbocycles. The number of carbonyl (C=O) groups is 4. The molecule has 29 heavy (non-hydrogen) atoms. The van der Waals surface area contributed by atoms with Crippen molar-refractivity contribution in [1.82, 2.24) is 0 Å². The van der Waals surface area contributed by atoms with Crippen LogP contribution in [0.15, 0.2) is 66.7 Å². The molecule has 7 heteroatoms. The number of nitrogens with zero attached hydrogens (tertiary/aromatic N) is 2. The van der Waals surface area contributed by atoms with E-state index >= 15 is 0 Å². The predicted octanol–water partition coefficient (Wildman–Crippen LogP) is 3.94. The fourth-order valence-corrected chi connectivity index (χ4v) is 3.91. The van der Waals surface area contributed by atoms with Crippen LogP contribution in [0.5, 0.6) is 0 Å². The number of anilines is 2. The van der Waals surface area contributed by atoms with Crippen molar-refractivity contribution < 1.29 is 19.2 Å². The number of amides is 4. The molecule has 0 bridgehead atoms. The molecule has 0 spiro atoms. The fraction of sp³-hybridized carbons (Fsp3) is 0. The van der Waals surface area contributed by atoms with Gasteiger partial charge >= 0.3 is 0 Å². The molecular formula is C22H11ClN2O4. The van der Waals surface area contributed by atoms with E-state index in [4.69, 9.17) is 11.6 Å². The molecule has 3 aromatic rings. The highest BCUT2D eigenvalue weighted by Gasteiger charge is 2.39. The minimum Gasteiger partial charge on any atom is -0.268 e. The molecule has 0 N–H and O–H groups in total. The van der Waals surface area contributed by atoms with E-state index in [2.05, 4.69) is 0 Å². The fourth-order valence-electron chi connectivity index (χ4n) is 3.65. The Morgan fingerprint density at radius 3 is 1.38 bits per heavy atom. The van der Waals surface area contributed by atoms with Crippen LogP contribution in [-0.4, -0.2) is 23.6 Å². The lowest BCUT2D eigenvalue weighted by molar-refractivity contribution is 0.0909. The minimum absolute atomic E-state index is 0.0774. The first-order chi connectivity index (χ1) is 14.0. The molecule has 0 unspecified atom stereocenters. The summed E-state index contributed by atoms with van der Waals surface area (Å²) >= 11 is 6.37. The van der Waals surface area contributed by atoms with Crippen LogP contribution in [0.1, 0.15) is 41.4 Å². The van der Waals surface area contributed by atoms with Crippen molar-refractivity contribution in [3.63, 3.8) is 0 Å². The van der Waals surface area contributed by atoms with Crippen LogP contribution < -0.4 is 9.80 Å². The second kappa shape index (κ2) is 6.12. The summed E-state index contributed by atoms with van der Waals surface area (Å²) in [6.45, 7) is 0. The Morgan fingerprint density at radius 2 is 0.966 bits per heavy atom. The summed E-state index contributed by atoms with van der Waals surface area (Å²) in [7, 11) is 0. The highest BCUT2D eigenvalue weighted by molar-refractivity contribution is 6.40. The van der Waals surface area contributed by atoms with Gasteiger partial charge in [-0.05, 0) is 42.5 Å². The Balaban J connectivity index is 1.53. The summed E-state index contributed by atoms with van der Waals surface area (Å²) in [5.74, 6) is -1.84. The summed E-state index contributed by atoms with van der Waals surface area (Å²) in [6, 6.07) is 17.4. The lowest BCUT2D eigenvalue weighted by atomic mass is 10.1. The minimum atomic E-state index is -0.471. The number of benzene rings is 3. The average Bonchev–Trinajstić information content (AvgIpc) is 3.14. The highest BCUT2D eigenvalue weighted by Crippen LogP contribution is 2.37. The van der Waals surface area contributed by atoms with Crippen molar-refractivity contribution in [2.45, 2.75) is 0 Å². The predicted molar refractivity (Wildman–Crippen MR) is 107 cm³/mol.